The van der Waals surface area contributed by atoms with Crippen molar-refractivity contribution in [1.29, 1.82) is 0 Å². The van der Waals surface area contributed by atoms with Gasteiger partial charge in [-0.25, -0.2) is 18.1 Å². The van der Waals surface area contributed by atoms with Gasteiger partial charge in [-0.1, -0.05) is 12.1 Å². The van der Waals surface area contributed by atoms with Gasteiger partial charge in [-0.2, -0.15) is 0 Å². The minimum Gasteiger partial charge on any atom is -0.378 e. The number of nitrogens with zero attached hydrogens (tertiary/aromatic N) is 1. The van der Waals surface area contributed by atoms with Crippen molar-refractivity contribution in [3.63, 3.8) is 0 Å². The van der Waals surface area contributed by atoms with Crippen molar-refractivity contribution >= 4 is 27.0 Å². The first kappa shape index (κ1) is 13.0. The van der Waals surface area contributed by atoms with Gasteiger partial charge in [0.1, 0.15) is 4.90 Å². The second-order valence-electron chi connectivity index (χ2n) is 3.54. The summed E-state index contributed by atoms with van der Waals surface area (Å²) in [5, 5.41) is 5.00. The molecule has 0 aliphatic rings. The third-order valence-electron chi connectivity index (χ3n) is 2.39. The Bertz CT molecular complexity index is 609. The molecular weight excluding hydrogens is 270 g/mol. The highest BCUT2D eigenvalue weighted by Crippen LogP contribution is 2.20. The quantitative estimate of drug-likeness (QED) is 0.875. The van der Waals surface area contributed by atoms with Crippen molar-refractivity contribution in [2.24, 2.45) is 0 Å². The number of hydrogen-bond acceptors (Lipinski definition) is 5. The van der Waals surface area contributed by atoms with Crippen LogP contribution in [0.3, 0.4) is 0 Å². The van der Waals surface area contributed by atoms with Crippen LogP contribution in [0.15, 0.2) is 40.1 Å². The van der Waals surface area contributed by atoms with Gasteiger partial charge in [-0.05, 0) is 19.2 Å². The molecule has 0 fully saturated rings. The van der Waals surface area contributed by atoms with Gasteiger partial charge < -0.3 is 5.32 Å². The number of para-hydroxylation sites is 1. The normalized spacial score (nSPS) is 11.4. The molecule has 2 aromatic rings. The molecule has 0 amide bonds. The first-order valence-electron chi connectivity index (χ1n) is 5.27. The molecule has 1 heterocycles. The zero-order chi connectivity index (χ0) is 13.0. The maximum absolute atomic E-state index is 11.8. The lowest BCUT2D eigenvalue weighted by Crippen LogP contribution is -2.20. The number of rotatable bonds is 5. The third kappa shape index (κ3) is 2.87. The molecule has 0 saturated heterocycles. The summed E-state index contributed by atoms with van der Waals surface area (Å²) in [6, 6.07) is 6.78. The fourth-order valence-corrected chi connectivity index (χ4v) is 2.93. The highest BCUT2D eigenvalue weighted by atomic mass is 32.2. The van der Waals surface area contributed by atoms with E-state index >= 15 is 0 Å². The maximum Gasteiger partial charge on any atom is 0.242 e. The second-order valence-corrected chi connectivity index (χ2v) is 6.11. The van der Waals surface area contributed by atoms with Crippen LogP contribution >= 0.6 is 11.3 Å². The molecular formula is C11H13N3O2S2. The Labute approximate surface area is 110 Å². The molecule has 18 heavy (non-hydrogen) atoms. The number of hydrogen-bond donors (Lipinski definition) is 2. The minimum atomic E-state index is -3.45. The van der Waals surface area contributed by atoms with Crippen LogP contribution < -0.4 is 10.0 Å². The van der Waals surface area contributed by atoms with Crippen LogP contribution in [-0.4, -0.2) is 20.4 Å². The van der Waals surface area contributed by atoms with Crippen LogP contribution in [0, 0.1) is 0 Å². The Balaban J connectivity index is 2.23. The number of sulfonamides is 1. The van der Waals surface area contributed by atoms with E-state index in [4.69, 9.17) is 0 Å². The lowest BCUT2D eigenvalue weighted by molar-refractivity contribution is 0.588. The van der Waals surface area contributed by atoms with Gasteiger partial charge in [0.05, 0.1) is 23.4 Å². The average molecular weight is 283 g/mol. The summed E-state index contributed by atoms with van der Waals surface area (Å²) in [5.74, 6) is 0. The van der Waals surface area contributed by atoms with Crippen molar-refractivity contribution in [2.45, 2.75) is 11.4 Å². The molecule has 0 aliphatic heterocycles. The van der Waals surface area contributed by atoms with E-state index < -0.39 is 10.0 Å². The van der Waals surface area contributed by atoms with Crippen LogP contribution in [0.2, 0.25) is 0 Å². The topological polar surface area (TPSA) is 71.1 Å². The van der Waals surface area contributed by atoms with Gasteiger partial charge in [0.2, 0.25) is 10.0 Å². The lowest BCUT2D eigenvalue weighted by Gasteiger charge is -2.10. The van der Waals surface area contributed by atoms with E-state index in [0.29, 0.717) is 12.2 Å². The summed E-state index contributed by atoms with van der Waals surface area (Å²) < 4.78 is 25.9. The molecule has 96 valence electrons. The number of nitrogens with one attached hydrogen (secondary N) is 2. The van der Waals surface area contributed by atoms with Gasteiger partial charge in [0.25, 0.3) is 0 Å². The molecule has 1 aromatic carbocycles. The average Bonchev–Trinajstić information content (AvgIpc) is 2.90. The predicted octanol–water partition coefficient (Wildman–Crippen LogP) is 1.66. The van der Waals surface area contributed by atoms with E-state index in [1.165, 1.54) is 18.4 Å². The molecule has 0 atom stereocenters. The van der Waals surface area contributed by atoms with E-state index in [1.54, 1.807) is 29.8 Å². The van der Waals surface area contributed by atoms with Crippen molar-refractivity contribution in [2.75, 3.05) is 12.4 Å². The Morgan fingerprint density at radius 1 is 1.33 bits per heavy atom. The largest absolute Gasteiger partial charge is 0.378 e. The van der Waals surface area contributed by atoms with E-state index in [0.717, 1.165) is 5.69 Å². The van der Waals surface area contributed by atoms with Crippen LogP contribution in [-0.2, 0) is 16.6 Å². The summed E-state index contributed by atoms with van der Waals surface area (Å²) in [5.41, 5.74) is 3.20. The van der Waals surface area contributed by atoms with Crippen molar-refractivity contribution < 1.29 is 8.42 Å². The highest BCUT2D eigenvalue weighted by Gasteiger charge is 2.15. The predicted molar refractivity (Wildman–Crippen MR) is 72.1 cm³/mol. The Morgan fingerprint density at radius 3 is 2.78 bits per heavy atom. The van der Waals surface area contributed by atoms with E-state index in [1.807, 2.05) is 5.38 Å². The molecule has 0 radical (unpaired) electrons. The molecule has 0 unspecified atom stereocenters. The first-order valence-corrected chi connectivity index (χ1v) is 7.69. The van der Waals surface area contributed by atoms with Crippen molar-refractivity contribution in [3.05, 3.63) is 40.8 Å². The van der Waals surface area contributed by atoms with E-state index in [2.05, 4.69) is 15.0 Å². The van der Waals surface area contributed by atoms with Crippen LogP contribution in [0.5, 0.6) is 0 Å². The summed E-state index contributed by atoms with van der Waals surface area (Å²) in [6.45, 7) is 0.500. The zero-order valence-corrected chi connectivity index (χ0v) is 11.4. The van der Waals surface area contributed by atoms with Gasteiger partial charge in [0.15, 0.2) is 0 Å². The molecule has 0 spiro atoms. The van der Waals surface area contributed by atoms with Crippen LogP contribution in [0.4, 0.5) is 5.69 Å². The molecule has 0 bridgehead atoms. The standard InChI is InChI=1S/C11H13N3O2S2/c1-12-18(15,16)11-5-3-2-4-10(11)13-6-9-7-17-8-14-9/h2-5,7-8,12-13H,6H2,1H3. The summed E-state index contributed by atoms with van der Waals surface area (Å²) >= 11 is 1.51. The summed E-state index contributed by atoms with van der Waals surface area (Å²) in [7, 11) is -2.05. The molecule has 7 heteroatoms. The number of thiazole rings is 1. The lowest BCUT2D eigenvalue weighted by atomic mass is 10.3. The van der Waals surface area contributed by atoms with E-state index in [-0.39, 0.29) is 4.90 Å². The van der Waals surface area contributed by atoms with Gasteiger partial charge >= 0.3 is 0 Å². The fourth-order valence-electron chi connectivity index (χ4n) is 1.47. The number of aromatic nitrogens is 1. The molecule has 0 aliphatic carbocycles. The molecule has 2 N–H and O–H groups in total. The maximum atomic E-state index is 11.8. The second kappa shape index (κ2) is 5.47. The summed E-state index contributed by atoms with van der Waals surface area (Å²) in [6.07, 6.45) is 0. The van der Waals surface area contributed by atoms with Gasteiger partial charge in [-0.3, -0.25) is 0 Å². The smallest absolute Gasteiger partial charge is 0.242 e. The highest BCUT2D eigenvalue weighted by molar-refractivity contribution is 7.89. The van der Waals surface area contributed by atoms with Crippen molar-refractivity contribution in [3.8, 4) is 0 Å². The SMILES string of the molecule is CNS(=O)(=O)c1ccccc1NCc1cscn1. The zero-order valence-electron chi connectivity index (χ0n) is 9.75. The number of benzene rings is 1. The number of anilines is 1. The van der Waals surface area contributed by atoms with Gasteiger partial charge in [-0.15, -0.1) is 11.3 Å². The fraction of sp³-hybridized carbons (Fsp3) is 0.182. The van der Waals surface area contributed by atoms with Crippen LogP contribution in [0.25, 0.3) is 0 Å². The Morgan fingerprint density at radius 2 is 2.11 bits per heavy atom. The molecule has 5 nitrogen and oxygen atoms in total. The molecule has 0 saturated carbocycles. The third-order valence-corrected chi connectivity index (χ3v) is 4.50. The van der Waals surface area contributed by atoms with Crippen molar-refractivity contribution in [1.82, 2.24) is 9.71 Å². The Hall–Kier alpha value is -1.44. The summed E-state index contributed by atoms with van der Waals surface area (Å²) in [4.78, 5) is 4.37. The molecule has 1 aromatic heterocycles. The molecule has 2 rings (SSSR count). The minimum absolute atomic E-state index is 0.239. The first-order chi connectivity index (χ1) is 8.63. The monoisotopic (exact) mass is 283 g/mol. The van der Waals surface area contributed by atoms with Gasteiger partial charge in [0, 0.05) is 5.38 Å². The van der Waals surface area contributed by atoms with E-state index in [9.17, 15) is 8.42 Å². The Kier molecular flexibility index (Phi) is 3.95. The van der Waals surface area contributed by atoms with Crippen LogP contribution in [0.1, 0.15) is 5.69 Å².